The van der Waals surface area contributed by atoms with E-state index >= 15 is 0 Å². The molecule has 0 fully saturated rings. The van der Waals surface area contributed by atoms with Gasteiger partial charge in [0.1, 0.15) is 0 Å². The van der Waals surface area contributed by atoms with Crippen LogP contribution in [0.5, 0.6) is 0 Å². The summed E-state index contributed by atoms with van der Waals surface area (Å²) < 4.78 is 2.29. The third-order valence-corrected chi connectivity index (χ3v) is 4.98. The highest BCUT2D eigenvalue weighted by molar-refractivity contribution is 6.13. The fraction of sp³-hybridized carbons (Fsp3) is 0. The number of nitrogens with two attached hydrogens (primary N) is 1. The van der Waals surface area contributed by atoms with Crippen LogP contribution in [0.15, 0.2) is 103 Å². The van der Waals surface area contributed by atoms with Crippen LogP contribution in [0.1, 0.15) is 0 Å². The van der Waals surface area contributed by atoms with Gasteiger partial charge in [-0.1, -0.05) is 66.7 Å². The van der Waals surface area contributed by atoms with Gasteiger partial charge in [-0.15, -0.1) is 0 Å². The molecule has 0 aliphatic heterocycles. The first kappa shape index (κ1) is 15.7. The summed E-state index contributed by atoms with van der Waals surface area (Å²) in [7, 11) is 0. The molecule has 0 aliphatic rings. The van der Waals surface area contributed by atoms with Crippen molar-refractivity contribution in [1.29, 1.82) is 0 Å². The smallest absolute Gasteiger partial charge is 0.0822 e. The van der Waals surface area contributed by atoms with Gasteiger partial charge in [-0.3, -0.25) is 5.01 Å². The fourth-order valence-corrected chi connectivity index (χ4v) is 3.77. The van der Waals surface area contributed by atoms with E-state index in [4.69, 9.17) is 5.84 Å². The molecule has 0 saturated carbocycles. The van der Waals surface area contributed by atoms with Gasteiger partial charge in [0, 0.05) is 16.5 Å². The molecule has 0 radical (unpaired) electrons. The highest BCUT2D eigenvalue weighted by atomic mass is 15.4. The maximum absolute atomic E-state index is 6.57. The van der Waals surface area contributed by atoms with Crippen LogP contribution in [0, 0.1) is 0 Å². The third kappa shape index (κ3) is 2.48. The van der Waals surface area contributed by atoms with E-state index in [0.717, 1.165) is 22.6 Å². The van der Waals surface area contributed by atoms with Gasteiger partial charge < -0.3 is 4.57 Å². The molecule has 5 aromatic rings. The largest absolute Gasteiger partial charge is 0.307 e. The van der Waals surface area contributed by atoms with Crippen LogP contribution in [0.2, 0.25) is 0 Å². The topological polar surface area (TPSA) is 34.2 Å². The lowest BCUT2D eigenvalue weighted by molar-refractivity contribution is 1.08. The molecule has 0 amide bonds. The standard InChI is InChI=1S/C24H19N3/c25-27(19-12-5-2-6-13-19)23-17-9-15-21-20-14-7-8-16-22(20)26(24(21)23)18-10-3-1-4-11-18/h1-17H,25H2. The Balaban J connectivity index is 1.89. The fourth-order valence-electron chi connectivity index (χ4n) is 3.77. The molecule has 3 heteroatoms. The summed E-state index contributed by atoms with van der Waals surface area (Å²) in [6, 6.07) is 35.3. The Hall–Kier alpha value is -3.56. The Kier molecular flexibility index (Phi) is 3.66. The van der Waals surface area contributed by atoms with Crippen molar-refractivity contribution >= 4 is 33.2 Å². The van der Waals surface area contributed by atoms with Crippen molar-refractivity contribution in [3.05, 3.63) is 103 Å². The minimum absolute atomic E-state index is 0.954. The zero-order valence-corrected chi connectivity index (χ0v) is 14.8. The zero-order chi connectivity index (χ0) is 18.2. The Bertz CT molecular complexity index is 1220. The van der Waals surface area contributed by atoms with Gasteiger partial charge in [-0.05, 0) is 36.4 Å². The van der Waals surface area contributed by atoms with Crippen LogP contribution in [-0.2, 0) is 0 Å². The average molecular weight is 349 g/mol. The zero-order valence-electron chi connectivity index (χ0n) is 14.8. The first-order chi connectivity index (χ1) is 13.3. The van der Waals surface area contributed by atoms with Crippen molar-refractivity contribution < 1.29 is 0 Å². The Morgan fingerprint density at radius 1 is 0.593 bits per heavy atom. The number of aromatic nitrogens is 1. The Morgan fingerprint density at radius 2 is 1.22 bits per heavy atom. The predicted molar refractivity (Wildman–Crippen MR) is 114 cm³/mol. The molecule has 130 valence electrons. The minimum atomic E-state index is 0.954. The molecule has 1 heterocycles. The number of hydrazine groups is 1. The average Bonchev–Trinajstić information content (AvgIpc) is 3.09. The summed E-state index contributed by atoms with van der Waals surface area (Å²) in [6.07, 6.45) is 0. The maximum atomic E-state index is 6.57. The molecule has 5 rings (SSSR count). The molecular weight excluding hydrogens is 330 g/mol. The summed E-state index contributed by atoms with van der Waals surface area (Å²) in [5.74, 6) is 6.57. The van der Waals surface area contributed by atoms with E-state index < -0.39 is 0 Å². The number of fused-ring (bicyclic) bond motifs is 3. The monoisotopic (exact) mass is 349 g/mol. The van der Waals surface area contributed by atoms with Crippen molar-refractivity contribution in [2.75, 3.05) is 5.01 Å². The van der Waals surface area contributed by atoms with Crippen LogP contribution in [0.3, 0.4) is 0 Å². The normalized spacial score (nSPS) is 11.1. The highest BCUT2D eigenvalue weighted by Crippen LogP contribution is 2.38. The lowest BCUT2D eigenvalue weighted by atomic mass is 10.1. The summed E-state index contributed by atoms with van der Waals surface area (Å²) in [5.41, 5.74) is 5.33. The van der Waals surface area contributed by atoms with Crippen LogP contribution < -0.4 is 10.9 Å². The molecular formula is C24H19N3. The van der Waals surface area contributed by atoms with E-state index in [-0.39, 0.29) is 0 Å². The van der Waals surface area contributed by atoms with E-state index in [1.165, 1.54) is 16.3 Å². The second-order valence-corrected chi connectivity index (χ2v) is 6.57. The number of nitrogens with zero attached hydrogens (tertiary/aromatic N) is 2. The van der Waals surface area contributed by atoms with E-state index in [1.807, 2.05) is 36.4 Å². The summed E-state index contributed by atoms with van der Waals surface area (Å²) >= 11 is 0. The lowest BCUT2D eigenvalue weighted by Crippen LogP contribution is -2.25. The molecule has 0 spiro atoms. The number of anilines is 2. The van der Waals surface area contributed by atoms with Gasteiger partial charge in [0.2, 0.25) is 0 Å². The predicted octanol–water partition coefficient (Wildman–Crippen LogP) is 5.80. The highest BCUT2D eigenvalue weighted by Gasteiger charge is 2.17. The molecule has 0 unspecified atom stereocenters. The van der Waals surface area contributed by atoms with Crippen molar-refractivity contribution in [1.82, 2.24) is 4.57 Å². The maximum Gasteiger partial charge on any atom is 0.0822 e. The van der Waals surface area contributed by atoms with E-state index in [2.05, 4.69) is 71.3 Å². The van der Waals surface area contributed by atoms with E-state index in [1.54, 1.807) is 5.01 Å². The number of hydrogen-bond donors (Lipinski definition) is 1. The number of para-hydroxylation sites is 4. The van der Waals surface area contributed by atoms with E-state index in [0.29, 0.717) is 0 Å². The van der Waals surface area contributed by atoms with E-state index in [9.17, 15) is 0 Å². The van der Waals surface area contributed by atoms with Crippen LogP contribution in [0.4, 0.5) is 11.4 Å². The molecule has 0 bridgehead atoms. The Morgan fingerprint density at radius 3 is 2.00 bits per heavy atom. The summed E-state index contributed by atoms with van der Waals surface area (Å²) in [5, 5.41) is 4.18. The minimum Gasteiger partial charge on any atom is -0.307 e. The van der Waals surface area contributed by atoms with Crippen molar-refractivity contribution in [3.63, 3.8) is 0 Å². The van der Waals surface area contributed by atoms with Gasteiger partial charge in [0.25, 0.3) is 0 Å². The number of hydrogen-bond acceptors (Lipinski definition) is 2. The quantitative estimate of drug-likeness (QED) is 0.330. The molecule has 3 nitrogen and oxygen atoms in total. The number of benzene rings is 4. The molecule has 0 saturated heterocycles. The molecule has 1 aromatic heterocycles. The first-order valence-corrected chi connectivity index (χ1v) is 9.02. The SMILES string of the molecule is NN(c1ccccc1)c1cccc2c3ccccc3n(-c3ccccc3)c12. The summed E-state index contributed by atoms with van der Waals surface area (Å²) in [4.78, 5) is 0. The van der Waals surface area contributed by atoms with Crippen molar-refractivity contribution in [2.24, 2.45) is 5.84 Å². The van der Waals surface area contributed by atoms with Gasteiger partial charge in [0.15, 0.2) is 0 Å². The molecule has 27 heavy (non-hydrogen) atoms. The van der Waals surface area contributed by atoms with Gasteiger partial charge in [-0.25, -0.2) is 5.84 Å². The summed E-state index contributed by atoms with van der Waals surface area (Å²) in [6.45, 7) is 0. The van der Waals surface area contributed by atoms with Gasteiger partial charge >= 0.3 is 0 Å². The Labute approximate surface area is 157 Å². The van der Waals surface area contributed by atoms with Crippen LogP contribution >= 0.6 is 0 Å². The lowest BCUT2D eigenvalue weighted by Gasteiger charge is -2.21. The van der Waals surface area contributed by atoms with Crippen molar-refractivity contribution in [2.45, 2.75) is 0 Å². The third-order valence-electron chi connectivity index (χ3n) is 4.98. The second kappa shape index (κ2) is 6.31. The van der Waals surface area contributed by atoms with Crippen LogP contribution in [0.25, 0.3) is 27.5 Å². The molecule has 4 aromatic carbocycles. The van der Waals surface area contributed by atoms with Gasteiger partial charge in [0.05, 0.1) is 22.4 Å². The molecule has 0 atom stereocenters. The van der Waals surface area contributed by atoms with Crippen LogP contribution in [-0.4, -0.2) is 4.57 Å². The molecule has 0 aliphatic carbocycles. The first-order valence-electron chi connectivity index (χ1n) is 9.02. The number of rotatable bonds is 3. The van der Waals surface area contributed by atoms with Crippen molar-refractivity contribution in [3.8, 4) is 5.69 Å². The van der Waals surface area contributed by atoms with Gasteiger partial charge in [-0.2, -0.15) is 0 Å². The molecule has 2 N–H and O–H groups in total. The second-order valence-electron chi connectivity index (χ2n) is 6.57.